The van der Waals surface area contributed by atoms with Crippen molar-refractivity contribution in [1.82, 2.24) is 9.78 Å². The van der Waals surface area contributed by atoms with E-state index in [1.54, 1.807) is 0 Å². The first-order chi connectivity index (χ1) is 12.5. The van der Waals surface area contributed by atoms with Crippen molar-refractivity contribution in [2.45, 2.75) is 13.1 Å². The Bertz CT molecular complexity index is 1080. The highest BCUT2D eigenvalue weighted by Gasteiger charge is 2.14. The summed E-state index contributed by atoms with van der Waals surface area (Å²) in [5.41, 5.74) is 8.86. The molecule has 2 aromatic carbocycles. The molecule has 0 unspecified atom stereocenters. The maximum Gasteiger partial charge on any atom is 0.267 e. The Hall–Kier alpha value is -3.35. The van der Waals surface area contributed by atoms with Crippen LogP contribution in [0, 0.1) is 11.6 Å². The van der Waals surface area contributed by atoms with Gasteiger partial charge in [-0.3, -0.25) is 9.79 Å². The number of aliphatic imine (C=N–C) groups is 1. The monoisotopic (exact) mass is 352 g/mol. The molecule has 7 heteroatoms. The summed E-state index contributed by atoms with van der Waals surface area (Å²) in [6.45, 7) is 0.769. The molecule has 2 heterocycles. The van der Waals surface area contributed by atoms with Crippen LogP contribution in [0.15, 0.2) is 58.3 Å². The molecule has 1 aliphatic heterocycles. The fourth-order valence-electron chi connectivity index (χ4n) is 2.94. The molecule has 0 aliphatic carbocycles. The van der Waals surface area contributed by atoms with Gasteiger partial charge in [-0.15, -0.1) is 0 Å². The number of rotatable bonds is 3. The minimum atomic E-state index is -0.701. The van der Waals surface area contributed by atoms with Crippen LogP contribution < -0.4 is 11.3 Å². The van der Waals surface area contributed by atoms with E-state index < -0.39 is 11.6 Å². The molecule has 0 saturated heterocycles. The lowest BCUT2D eigenvalue weighted by molar-refractivity contribution is 0.583. The second kappa shape index (κ2) is 6.18. The number of hydrogen-bond donors (Lipinski definition) is 1. The van der Waals surface area contributed by atoms with Gasteiger partial charge in [0, 0.05) is 23.3 Å². The van der Waals surface area contributed by atoms with Gasteiger partial charge >= 0.3 is 0 Å². The van der Waals surface area contributed by atoms with Gasteiger partial charge in [-0.25, -0.2) is 13.5 Å². The summed E-state index contributed by atoms with van der Waals surface area (Å²) in [4.78, 5) is 16.3. The highest BCUT2D eigenvalue weighted by atomic mass is 19.1. The lowest BCUT2D eigenvalue weighted by Crippen LogP contribution is -2.23. The predicted octanol–water partition coefficient (Wildman–Crippen LogP) is 2.46. The van der Waals surface area contributed by atoms with Crippen molar-refractivity contribution in [1.29, 1.82) is 0 Å². The normalized spacial score (nSPS) is 12.8. The van der Waals surface area contributed by atoms with Crippen LogP contribution in [0.3, 0.4) is 0 Å². The van der Waals surface area contributed by atoms with E-state index in [9.17, 15) is 13.6 Å². The van der Waals surface area contributed by atoms with Crippen molar-refractivity contribution in [3.8, 4) is 11.3 Å². The summed E-state index contributed by atoms with van der Waals surface area (Å²) >= 11 is 0. The second-order valence-electron chi connectivity index (χ2n) is 6.07. The Labute approximate surface area is 147 Å². The van der Waals surface area contributed by atoms with Crippen molar-refractivity contribution in [2.24, 2.45) is 10.7 Å². The average molecular weight is 352 g/mol. The number of fused-ring (bicyclic) bond motifs is 1. The molecule has 0 saturated carbocycles. The highest BCUT2D eigenvalue weighted by Crippen LogP contribution is 2.20. The van der Waals surface area contributed by atoms with E-state index >= 15 is 0 Å². The first-order valence-electron chi connectivity index (χ1n) is 7.96. The van der Waals surface area contributed by atoms with Gasteiger partial charge in [0.05, 0.1) is 18.8 Å². The Morgan fingerprint density at radius 2 is 1.81 bits per heavy atom. The molecule has 0 amide bonds. The summed E-state index contributed by atoms with van der Waals surface area (Å²) in [5, 5.41) is 4.24. The minimum absolute atomic E-state index is 0.213. The third-order valence-electron chi connectivity index (χ3n) is 4.23. The molecule has 130 valence electrons. The fraction of sp³-hybridized carbons (Fsp3) is 0.105. The Kier molecular flexibility index (Phi) is 3.84. The predicted molar refractivity (Wildman–Crippen MR) is 93.8 cm³/mol. The standard InChI is InChI=1S/C19H14F2N4O/c20-14-6-13(7-15(21)8-14)17-3-4-18(26)25(24-17)10-11-1-2-12-9-23-19(22)16(12)5-11/h1-8H,9-10H2,(H2,22,23). The van der Waals surface area contributed by atoms with Gasteiger partial charge in [0.1, 0.15) is 17.5 Å². The topological polar surface area (TPSA) is 73.3 Å². The zero-order chi connectivity index (χ0) is 18.3. The van der Waals surface area contributed by atoms with Crippen molar-refractivity contribution in [3.63, 3.8) is 0 Å². The Morgan fingerprint density at radius 3 is 2.58 bits per heavy atom. The van der Waals surface area contributed by atoms with Crippen LogP contribution in [-0.4, -0.2) is 15.6 Å². The maximum atomic E-state index is 13.4. The van der Waals surface area contributed by atoms with Crippen molar-refractivity contribution in [3.05, 3.63) is 87.2 Å². The number of aromatic nitrogens is 2. The van der Waals surface area contributed by atoms with E-state index in [-0.39, 0.29) is 17.7 Å². The highest BCUT2D eigenvalue weighted by molar-refractivity contribution is 6.00. The summed E-state index contributed by atoms with van der Waals surface area (Å²) < 4.78 is 28.1. The number of hydrogen-bond acceptors (Lipinski definition) is 4. The van der Waals surface area contributed by atoms with Crippen LogP contribution in [0.4, 0.5) is 8.78 Å². The largest absolute Gasteiger partial charge is 0.383 e. The van der Waals surface area contributed by atoms with Crippen LogP contribution in [0.25, 0.3) is 11.3 Å². The molecular weight excluding hydrogens is 338 g/mol. The van der Waals surface area contributed by atoms with Crippen molar-refractivity contribution in [2.75, 3.05) is 0 Å². The van der Waals surface area contributed by atoms with Gasteiger partial charge < -0.3 is 5.73 Å². The maximum absolute atomic E-state index is 13.4. The number of benzene rings is 2. The van der Waals surface area contributed by atoms with E-state index in [1.807, 2.05) is 18.2 Å². The van der Waals surface area contributed by atoms with Crippen LogP contribution >= 0.6 is 0 Å². The van der Waals surface area contributed by atoms with Gasteiger partial charge in [-0.2, -0.15) is 5.10 Å². The minimum Gasteiger partial charge on any atom is -0.383 e. The summed E-state index contributed by atoms with van der Waals surface area (Å²) in [6, 6.07) is 11.6. The van der Waals surface area contributed by atoms with Crippen LogP contribution in [0.2, 0.25) is 0 Å². The lowest BCUT2D eigenvalue weighted by atomic mass is 10.1. The number of amidine groups is 1. The van der Waals surface area contributed by atoms with Crippen LogP contribution in [0.1, 0.15) is 16.7 Å². The van der Waals surface area contributed by atoms with Gasteiger partial charge in [0.15, 0.2) is 0 Å². The number of halogens is 2. The number of nitrogens with two attached hydrogens (primary N) is 1. The molecular formula is C19H14F2N4O. The second-order valence-corrected chi connectivity index (χ2v) is 6.07. The third kappa shape index (κ3) is 2.99. The van der Waals surface area contributed by atoms with Crippen LogP contribution in [-0.2, 0) is 13.1 Å². The van der Waals surface area contributed by atoms with E-state index in [1.165, 1.54) is 28.9 Å². The average Bonchev–Trinajstić information content (AvgIpc) is 2.97. The smallest absolute Gasteiger partial charge is 0.267 e. The Morgan fingerprint density at radius 1 is 1.04 bits per heavy atom. The molecule has 5 nitrogen and oxygen atoms in total. The third-order valence-corrected chi connectivity index (χ3v) is 4.23. The fourth-order valence-corrected chi connectivity index (χ4v) is 2.94. The lowest BCUT2D eigenvalue weighted by Gasteiger charge is -2.09. The van der Waals surface area contributed by atoms with Crippen molar-refractivity contribution < 1.29 is 8.78 Å². The zero-order valence-corrected chi connectivity index (χ0v) is 13.6. The van der Waals surface area contributed by atoms with Gasteiger partial charge in [0.2, 0.25) is 0 Å². The van der Waals surface area contributed by atoms with Gasteiger partial charge in [-0.05, 0) is 35.4 Å². The molecule has 2 N–H and O–H groups in total. The molecule has 0 atom stereocenters. The molecule has 0 radical (unpaired) electrons. The molecule has 0 fully saturated rings. The zero-order valence-electron chi connectivity index (χ0n) is 13.6. The molecule has 1 aromatic heterocycles. The molecule has 3 aromatic rings. The van der Waals surface area contributed by atoms with Crippen molar-refractivity contribution >= 4 is 5.84 Å². The molecule has 26 heavy (non-hydrogen) atoms. The Balaban J connectivity index is 1.70. The van der Waals surface area contributed by atoms with E-state index in [4.69, 9.17) is 5.73 Å². The molecule has 0 bridgehead atoms. The van der Waals surface area contributed by atoms with Gasteiger partial charge in [-0.1, -0.05) is 12.1 Å². The van der Waals surface area contributed by atoms with E-state index in [2.05, 4.69) is 10.1 Å². The molecule has 1 aliphatic rings. The van der Waals surface area contributed by atoms with Gasteiger partial charge in [0.25, 0.3) is 5.56 Å². The van der Waals surface area contributed by atoms with E-state index in [0.717, 1.165) is 22.8 Å². The van der Waals surface area contributed by atoms with Crippen LogP contribution in [0.5, 0.6) is 0 Å². The quantitative estimate of drug-likeness (QED) is 0.787. The summed E-state index contributed by atoms with van der Waals surface area (Å²) in [5.74, 6) is -0.924. The molecule has 0 spiro atoms. The first-order valence-corrected chi connectivity index (χ1v) is 7.96. The summed E-state index contributed by atoms with van der Waals surface area (Å²) in [7, 11) is 0. The number of nitrogens with zero attached hydrogens (tertiary/aromatic N) is 3. The summed E-state index contributed by atoms with van der Waals surface area (Å²) in [6.07, 6.45) is 0. The SMILES string of the molecule is NC1=NCc2ccc(Cn3nc(-c4cc(F)cc(F)c4)ccc3=O)cc21. The molecule has 4 rings (SSSR count). The van der Waals surface area contributed by atoms with E-state index in [0.29, 0.717) is 18.1 Å². The first kappa shape index (κ1) is 16.1.